The molecule has 0 saturated carbocycles. The molecule has 1 aromatic rings. The van der Waals surface area contributed by atoms with Crippen LogP contribution in [-0.4, -0.2) is 15.6 Å². The van der Waals surface area contributed by atoms with Gasteiger partial charge in [0.15, 0.2) is 5.78 Å². The molecule has 0 bridgehead atoms. The Morgan fingerprint density at radius 2 is 1.88 bits per heavy atom. The normalized spacial score (nSPS) is 12.6. The smallest absolute Gasteiger partial charge is 0.321 e. The number of carbonyl (C=O) groups is 1. The molecule has 5 heteroatoms. The van der Waals surface area contributed by atoms with Crippen molar-refractivity contribution in [2.75, 3.05) is 0 Å². The molecule has 0 spiro atoms. The van der Waals surface area contributed by atoms with E-state index in [0.717, 1.165) is 5.56 Å². The fraction of sp³-hybridized carbons (Fsp3) is 0.182. The first-order valence-corrected chi connectivity index (χ1v) is 6.34. The first kappa shape index (κ1) is 12.8. The molecule has 0 radical (unpaired) electrons. The highest BCUT2D eigenvalue weighted by Crippen LogP contribution is 2.38. The molecule has 0 aliphatic rings. The monoisotopic (exact) mass is 240 g/mol. The van der Waals surface area contributed by atoms with Crippen molar-refractivity contribution < 1.29 is 19.1 Å². The molecule has 0 unspecified atom stereocenters. The van der Waals surface area contributed by atoms with Crippen LogP contribution in [0.1, 0.15) is 22.8 Å². The highest BCUT2D eigenvalue weighted by atomic mass is 31.2. The van der Waals surface area contributed by atoms with E-state index in [9.17, 15) is 9.36 Å². The lowest BCUT2D eigenvalue weighted by Gasteiger charge is -2.05. The maximum absolute atomic E-state index is 11.8. The van der Waals surface area contributed by atoms with Crippen LogP contribution in [0, 0.1) is 6.92 Å². The summed E-state index contributed by atoms with van der Waals surface area (Å²) in [5.41, 5.74) is 1.30. The average molecular weight is 240 g/mol. The molecule has 2 N–H and O–H groups in total. The number of hydrogen-bond donors (Lipinski definition) is 2. The van der Waals surface area contributed by atoms with E-state index in [0.29, 0.717) is 11.4 Å². The number of allylic oxidation sites excluding steroid dienone is 1. The Labute approximate surface area is 93.8 Å². The van der Waals surface area contributed by atoms with Crippen LogP contribution in [-0.2, 0) is 4.57 Å². The molecule has 86 valence electrons. The first-order valence-electron chi connectivity index (χ1n) is 4.66. The lowest BCUT2D eigenvalue weighted by molar-refractivity contribution is 0.103. The van der Waals surface area contributed by atoms with Crippen LogP contribution in [0.4, 0.5) is 0 Å². The minimum Gasteiger partial charge on any atom is -0.321 e. The lowest BCUT2D eigenvalue weighted by Crippen LogP contribution is -2.03. The van der Waals surface area contributed by atoms with Crippen LogP contribution in [0.15, 0.2) is 35.7 Å². The van der Waals surface area contributed by atoms with Gasteiger partial charge in [-0.3, -0.25) is 9.36 Å². The molecule has 1 rings (SSSR count). The van der Waals surface area contributed by atoms with Gasteiger partial charge in [0.25, 0.3) is 0 Å². The van der Waals surface area contributed by atoms with Crippen LogP contribution < -0.4 is 0 Å². The van der Waals surface area contributed by atoms with E-state index in [4.69, 9.17) is 9.79 Å². The van der Waals surface area contributed by atoms with E-state index < -0.39 is 7.60 Å². The molecule has 16 heavy (non-hydrogen) atoms. The third-order valence-corrected chi connectivity index (χ3v) is 2.83. The predicted octanol–water partition coefficient (Wildman–Crippen LogP) is 2.26. The number of ketones is 1. The van der Waals surface area contributed by atoms with E-state index >= 15 is 0 Å². The Hall–Kier alpha value is -1.22. The minimum absolute atomic E-state index is 0.0580. The van der Waals surface area contributed by atoms with Gasteiger partial charge in [0.2, 0.25) is 0 Å². The lowest BCUT2D eigenvalue weighted by atomic mass is 10.0. The summed E-state index contributed by atoms with van der Waals surface area (Å²) in [6.45, 7) is 3.17. The largest absolute Gasteiger partial charge is 0.349 e. The summed E-state index contributed by atoms with van der Waals surface area (Å²) >= 11 is 0. The zero-order valence-electron chi connectivity index (χ0n) is 9.04. The van der Waals surface area contributed by atoms with Crippen LogP contribution >= 0.6 is 7.60 Å². The van der Waals surface area contributed by atoms with Crippen molar-refractivity contribution in [2.24, 2.45) is 0 Å². The number of hydrogen-bond acceptors (Lipinski definition) is 2. The Morgan fingerprint density at radius 3 is 2.38 bits per heavy atom. The number of carbonyl (C=O) groups excluding carboxylic acids is 1. The van der Waals surface area contributed by atoms with Crippen molar-refractivity contribution in [1.29, 1.82) is 0 Å². The van der Waals surface area contributed by atoms with E-state index in [2.05, 4.69) is 0 Å². The van der Waals surface area contributed by atoms with Crippen LogP contribution in [0.3, 0.4) is 0 Å². The molecule has 0 amide bonds. The van der Waals surface area contributed by atoms with Gasteiger partial charge in [0, 0.05) is 17.0 Å². The van der Waals surface area contributed by atoms with Crippen molar-refractivity contribution in [3.63, 3.8) is 0 Å². The second-order valence-electron chi connectivity index (χ2n) is 3.55. The Balaban J connectivity index is 3.10. The second-order valence-corrected chi connectivity index (χ2v) is 4.98. The minimum atomic E-state index is -4.29. The molecule has 0 aliphatic carbocycles. The van der Waals surface area contributed by atoms with Gasteiger partial charge >= 0.3 is 7.60 Å². The summed E-state index contributed by atoms with van der Waals surface area (Å²) < 4.78 is 10.7. The Bertz CT molecular complexity index is 485. The van der Waals surface area contributed by atoms with E-state index in [1.54, 1.807) is 31.2 Å². The molecule has 0 aliphatic heterocycles. The van der Waals surface area contributed by atoms with Crippen LogP contribution in [0.25, 0.3) is 0 Å². The molecular weight excluding hydrogens is 227 g/mol. The molecule has 4 nitrogen and oxygen atoms in total. The predicted molar refractivity (Wildman–Crippen MR) is 61.3 cm³/mol. The SMILES string of the molecule is CC(=CP(=O)(O)O)C(=O)c1ccccc1C. The van der Waals surface area contributed by atoms with E-state index in [1.807, 2.05) is 0 Å². The average Bonchev–Trinajstić information content (AvgIpc) is 2.15. The van der Waals surface area contributed by atoms with Gasteiger partial charge in [0.1, 0.15) is 0 Å². The van der Waals surface area contributed by atoms with Gasteiger partial charge in [-0.2, -0.15) is 0 Å². The van der Waals surface area contributed by atoms with Crippen molar-refractivity contribution >= 4 is 13.4 Å². The fourth-order valence-electron chi connectivity index (χ4n) is 1.35. The summed E-state index contributed by atoms with van der Waals surface area (Å²) in [6, 6.07) is 6.92. The van der Waals surface area contributed by atoms with E-state index in [1.165, 1.54) is 6.92 Å². The topological polar surface area (TPSA) is 74.6 Å². The van der Waals surface area contributed by atoms with Crippen molar-refractivity contribution in [1.82, 2.24) is 0 Å². The summed E-state index contributed by atoms with van der Waals surface area (Å²) in [5.74, 6) is 0.336. The summed E-state index contributed by atoms with van der Waals surface area (Å²) in [6.07, 6.45) is 0. The maximum atomic E-state index is 11.8. The standard InChI is InChI=1S/C11H13O4P/c1-8-5-3-4-6-10(8)11(12)9(2)7-16(13,14)15/h3-7H,1-2H3,(H2,13,14,15). The van der Waals surface area contributed by atoms with Gasteiger partial charge in [-0.15, -0.1) is 0 Å². The van der Waals surface area contributed by atoms with E-state index in [-0.39, 0.29) is 11.4 Å². The van der Waals surface area contributed by atoms with Gasteiger partial charge in [-0.05, 0) is 19.4 Å². The Kier molecular flexibility index (Phi) is 3.81. The number of Topliss-reactive ketones (excluding diaryl/α,β-unsaturated/α-hetero) is 1. The van der Waals surface area contributed by atoms with Gasteiger partial charge < -0.3 is 9.79 Å². The summed E-state index contributed by atoms with van der Waals surface area (Å²) in [4.78, 5) is 29.3. The van der Waals surface area contributed by atoms with Gasteiger partial charge in [0.05, 0.1) is 0 Å². The molecule has 0 heterocycles. The van der Waals surface area contributed by atoms with Crippen molar-refractivity contribution in [3.05, 3.63) is 46.8 Å². The molecule has 0 fully saturated rings. The highest BCUT2D eigenvalue weighted by Gasteiger charge is 2.15. The second kappa shape index (κ2) is 4.74. The zero-order valence-corrected chi connectivity index (χ0v) is 9.94. The van der Waals surface area contributed by atoms with Crippen molar-refractivity contribution in [3.8, 4) is 0 Å². The third kappa shape index (κ3) is 3.42. The molecule has 1 aromatic carbocycles. The maximum Gasteiger partial charge on any atom is 0.349 e. The van der Waals surface area contributed by atoms with Crippen molar-refractivity contribution in [2.45, 2.75) is 13.8 Å². The van der Waals surface area contributed by atoms with Gasteiger partial charge in [-0.25, -0.2) is 0 Å². The quantitative estimate of drug-likeness (QED) is 0.482. The number of aryl methyl sites for hydroxylation is 1. The Morgan fingerprint density at radius 1 is 1.31 bits per heavy atom. The summed E-state index contributed by atoms with van der Waals surface area (Å²) in [7, 11) is -4.29. The highest BCUT2D eigenvalue weighted by molar-refractivity contribution is 7.55. The fourth-order valence-corrected chi connectivity index (χ4v) is 1.97. The number of benzene rings is 1. The molecule has 0 atom stereocenters. The van der Waals surface area contributed by atoms with Gasteiger partial charge in [-0.1, -0.05) is 24.3 Å². The third-order valence-electron chi connectivity index (χ3n) is 2.11. The molecule has 0 aromatic heterocycles. The van der Waals surface area contributed by atoms with Crippen LogP contribution in [0.2, 0.25) is 0 Å². The van der Waals surface area contributed by atoms with Crippen LogP contribution in [0.5, 0.6) is 0 Å². The number of rotatable bonds is 3. The summed E-state index contributed by atoms with van der Waals surface area (Å²) in [5, 5.41) is 0. The first-order chi connectivity index (χ1) is 7.31. The molecule has 0 saturated heterocycles. The molecular formula is C11H13O4P. The zero-order chi connectivity index (χ0) is 12.3.